The molecule has 2 aromatic carbocycles. The van der Waals surface area contributed by atoms with Gasteiger partial charge in [-0.3, -0.25) is 28.4 Å². The first kappa shape index (κ1) is 28.7. The van der Waals surface area contributed by atoms with E-state index >= 15 is 0 Å². The molecule has 0 saturated carbocycles. The third-order valence-corrected chi connectivity index (χ3v) is 8.94. The standard InChI is InChI=1S/C31H24ClN5O4S2/c1-17-9-8-14-35-26(17)33-27(41-21-12-13-23(32)18(2)15-21)22(28(35)38)16-24-29(39)36(31(42)43-24)25-19(3)34(4)37(30(25)40)20-10-6-5-7-11-20/h5-16H,1-4H3/b24-16+. The van der Waals surface area contributed by atoms with E-state index in [4.69, 9.17) is 28.6 Å². The summed E-state index contributed by atoms with van der Waals surface area (Å²) in [5.74, 6) is -0.0769. The number of thiocarbonyl (C=S) groups is 1. The summed E-state index contributed by atoms with van der Waals surface area (Å²) in [6.07, 6.45) is 3.03. The number of hydrogen-bond donors (Lipinski definition) is 0. The average Bonchev–Trinajstić information content (AvgIpc) is 3.38. The Morgan fingerprint density at radius 3 is 2.42 bits per heavy atom. The van der Waals surface area contributed by atoms with Crippen molar-refractivity contribution in [2.24, 2.45) is 7.05 Å². The number of para-hydroxylation sites is 1. The number of benzene rings is 2. The maximum Gasteiger partial charge on any atom is 0.296 e. The Morgan fingerprint density at radius 1 is 0.953 bits per heavy atom. The van der Waals surface area contributed by atoms with Crippen molar-refractivity contribution in [2.45, 2.75) is 20.8 Å². The van der Waals surface area contributed by atoms with E-state index in [9.17, 15) is 14.4 Å². The molecule has 12 heteroatoms. The number of carbonyl (C=O) groups excluding carboxylic acids is 1. The van der Waals surface area contributed by atoms with Gasteiger partial charge in [-0.15, -0.1) is 0 Å². The zero-order chi connectivity index (χ0) is 30.6. The SMILES string of the molecule is Cc1cc(Oc2nc3c(C)cccn3c(=O)c2/C=C2/SC(=S)N(c3c(C)n(C)n(-c4ccccc4)c3=O)C2=O)ccc1Cl. The fourth-order valence-electron chi connectivity index (χ4n) is 4.89. The molecule has 1 aliphatic rings. The van der Waals surface area contributed by atoms with Crippen LogP contribution in [0.15, 0.2) is 81.4 Å². The summed E-state index contributed by atoms with van der Waals surface area (Å²) in [6.45, 7) is 5.43. The number of amides is 1. The third-order valence-electron chi connectivity index (χ3n) is 7.21. The number of ether oxygens (including phenoxy) is 1. The van der Waals surface area contributed by atoms with Crippen LogP contribution in [0.5, 0.6) is 11.6 Å². The molecule has 6 rings (SSSR count). The number of aromatic nitrogens is 4. The summed E-state index contributed by atoms with van der Waals surface area (Å²) in [5, 5.41) is 0.571. The molecule has 0 atom stereocenters. The van der Waals surface area contributed by atoms with Crippen molar-refractivity contribution in [1.29, 1.82) is 0 Å². The molecule has 1 fully saturated rings. The molecule has 0 bridgehead atoms. The maximum atomic E-state index is 13.9. The highest BCUT2D eigenvalue weighted by molar-refractivity contribution is 8.27. The van der Waals surface area contributed by atoms with Crippen LogP contribution >= 0.6 is 35.6 Å². The second-order valence-electron chi connectivity index (χ2n) is 9.96. The normalized spacial score (nSPS) is 14.3. The number of aryl methyl sites for hydroxylation is 2. The summed E-state index contributed by atoms with van der Waals surface area (Å²) in [7, 11) is 1.74. The van der Waals surface area contributed by atoms with Crippen LogP contribution in [-0.4, -0.2) is 29.0 Å². The fourth-order valence-corrected chi connectivity index (χ4v) is 6.26. The molecule has 0 unspecified atom stereocenters. The number of carbonyl (C=O) groups is 1. The van der Waals surface area contributed by atoms with Gasteiger partial charge in [-0.1, -0.05) is 59.8 Å². The Labute approximate surface area is 260 Å². The lowest BCUT2D eigenvalue weighted by Crippen LogP contribution is -2.33. The second kappa shape index (κ2) is 11.0. The zero-order valence-electron chi connectivity index (χ0n) is 23.5. The van der Waals surface area contributed by atoms with Crippen molar-refractivity contribution in [3.05, 3.63) is 120 Å². The first-order valence-electron chi connectivity index (χ1n) is 13.1. The van der Waals surface area contributed by atoms with Crippen LogP contribution < -0.4 is 20.8 Å². The number of hydrogen-bond acceptors (Lipinski definition) is 7. The number of rotatable bonds is 5. The van der Waals surface area contributed by atoms with E-state index in [-0.39, 0.29) is 26.4 Å². The molecule has 0 N–H and O–H groups in total. The van der Waals surface area contributed by atoms with Gasteiger partial charge < -0.3 is 4.74 Å². The van der Waals surface area contributed by atoms with Crippen LogP contribution in [0.2, 0.25) is 5.02 Å². The van der Waals surface area contributed by atoms with Gasteiger partial charge in [0.15, 0.2) is 4.32 Å². The smallest absolute Gasteiger partial charge is 0.296 e. The molecule has 3 aromatic heterocycles. The van der Waals surface area contributed by atoms with Crippen LogP contribution in [-0.2, 0) is 11.8 Å². The topological polar surface area (TPSA) is 90.8 Å². The van der Waals surface area contributed by atoms with E-state index in [1.165, 1.54) is 20.1 Å². The minimum absolute atomic E-state index is 0.0219. The number of nitrogens with zero attached hydrogens (tertiary/aromatic N) is 5. The van der Waals surface area contributed by atoms with Gasteiger partial charge in [0.1, 0.15) is 22.6 Å². The van der Waals surface area contributed by atoms with Gasteiger partial charge in [0.05, 0.1) is 16.3 Å². The highest BCUT2D eigenvalue weighted by Gasteiger charge is 2.38. The van der Waals surface area contributed by atoms with Crippen molar-refractivity contribution < 1.29 is 9.53 Å². The summed E-state index contributed by atoms with van der Waals surface area (Å²) >= 11 is 12.8. The molecule has 1 aliphatic heterocycles. The molecule has 5 aromatic rings. The lowest BCUT2D eigenvalue weighted by Gasteiger charge is -2.13. The van der Waals surface area contributed by atoms with E-state index in [2.05, 4.69) is 4.98 Å². The molecule has 0 aliphatic carbocycles. The lowest BCUT2D eigenvalue weighted by atomic mass is 10.2. The Kier molecular flexibility index (Phi) is 7.33. The molecular weight excluding hydrogens is 606 g/mol. The van der Waals surface area contributed by atoms with Crippen LogP contribution in [0.1, 0.15) is 22.4 Å². The van der Waals surface area contributed by atoms with Gasteiger partial charge in [0, 0.05) is 18.3 Å². The third kappa shape index (κ3) is 4.89. The van der Waals surface area contributed by atoms with Gasteiger partial charge in [-0.2, -0.15) is 4.98 Å². The molecule has 43 heavy (non-hydrogen) atoms. The number of anilines is 1. The highest BCUT2D eigenvalue weighted by Crippen LogP contribution is 2.37. The predicted octanol–water partition coefficient (Wildman–Crippen LogP) is 5.96. The van der Waals surface area contributed by atoms with E-state index in [0.717, 1.165) is 22.9 Å². The van der Waals surface area contributed by atoms with Crippen LogP contribution in [0, 0.1) is 20.8 Å². The van der Waals surface area contributed by atoms with Crippen molar-refractivity contribution in [2.75, 3.05) is 4.90 Å². The average molecular weight is 630 g/mol. The minimum atomic E-state index is -0.525. The van der Waals surface area contributed by atoms with E-state index < -0.39 is 17.0 Å². The summed E-state index contributed by atoms with van der Waals surface area (Å²) in [4.78, 5) is 47.4. The van der Waals surface area contributed by atoms with Crippen molar-refractivity contribution in [3.63, 3.8) is 0 Å². The first-order chi connectivity index (χ1) is 20.6. The van der Waals surface area contributed by atoms with Crippen molar-refractivity contribution >= 4 is 63.2 Å². The predicted molar refractivity (Wildman–Crippen MR) is 174 cm³/mol. The fraction of sp³-hybridized carbons (Fsp3) is 0.129. The van der Waals surface area contributed by atoms with E-state index in [1.54, 1.807) is 61.2 Å². The molecule has 0 radical (unpaired) electrons. The maximum absolute atomic E-state index is 13.9. The lowest BCUT2D eigenvalue weighted by molar-refractivity contribution is -0.113. The Bertz CT molecular complexity index is 2130. The van der Waals surface area contributed by atoms with Crippen molar-refractivity contribution in [1.82, 2.24) is 18.7 Å². The van der Waals surface area contributed by atoms with Gasteiger partial charge >= 0.3 is 0 Å². The quantitative estimate of drug-likeness (QED) is 0.175. The van der Waals surface area contributed by atoms with Crippen LogP contribution in [0.4, 0.5) is 5.69 Å². The molecule has 9 nitrogen and oxygen atoms in total. The molecule has 4 heterocycles. The van der Waals surface area contributed by atoms with Crippen molar-refractivity contribution in [3.8, 4) is 17.3 Å². The summed E-state index contributed by atoms with van der Waals surface area (Å²) in [5.41, 5.74) is 2.55. The van der Waals surface area contributed by atoms with Crippen LogP contribution in [0.25, 0.3) is 17.4 Å². The highest BCUT2D eigenvalue weighted by atomic mass is 35.5. The Balaban J connectivity index is 1.48. The Hall–Kier alpha value is -4.45. The summed E-state index contributed by atoms with van der Waals surface area (Å²) in [6, 6.07) is 17.8. The number of fused-ring (bicyclic) bond motifs is 1. The number of pyridine rings is 1. The van der Waals surface area contributed by atoms with Crippen LogP contribution in [0.3, 0.4) is 0 Å². The second-order valence-corrected chi connectivity index (χ2v) is 12.0. The van der Waals surface area contributed by atoms with Gasteiger partial charge in [0.25, 0.3) is 17.0 Å². The first-order valence-corrected chi connectivity index (χ1v) is 14.7. The van der Waals surface area contributed by atoms with E-state index in [0.29, 0.717) is 27.8 Å². The Morgan fingerprint density at radius 2 is 1.70 bits per heavy atom. The molecule has 216 valence electrons. The van der Waals surface area contributed by atoms with Gasteiger partial charge in [-0.25, -0.2) is 4.68 Å². The molecule has 1 amide bonds. The zero-order valence-corrected chi connectivity index (χ0v) is 25.9. The number of thioether (sulfide) groups is 1. The largest absolute Gasteiger partial charge is 0.438 e. The molecule has 1 saturated heterocycles. The molecule has 0 spiro atoms. The summed E-state index contributed by atoms with van der Waals surface area (Å²) < 4.78 is 10.9. The minimum Gasteiger partial charge on any atom is -0.438 e. The monoisotopic (exact) mass is 629 g/mol. The van der Waals surface area contributed by atoms with E-state index in [1.807, 2.05) is 38.1 Å². The van der Waals surface area contributed by atoms with Gasteiger partial charge in [-0.05, 0) is 74.4 Å². The van der Waals surface area contributed by atoms with Gasteiger partial charge in [0.2, 0.25) is 5.88 Å². The molecular formula is C31H24ClN5O4S2. The number of halogens is 1.